The molecule has 1 fully saturated rings. The van der Waals surface area contributed by atoms with Crippen molar-refractivity contribution >= 4 is 28.4 Å². The molecule has 5 heteroatoms. The number of nitrogens with zero attached hydrogens (tertiary/aromatic N) is 2. The highest BCUT2D eigenvalue weighted by molar-refractivity contribution is 6.07. The second-order valence-corrected chi connectivity index (χ2v) is 7.52. The number of H-pyrrole nitrogens is 1. The first-order chi connectivity index (χ1) is 13.0. The summed E-state index contributed by atoms with van der Waals surface area (Å²) in [5, 5.41) is 1.15. The number of anilines is 1. The first-order valence-electron chi connectivity index (χ1n) is 9.33. The maximum absolute atomic E-state index is 13.3. The van der Waals surface area contributed by atoms with E-state index in [1.54, 1.807) is 9.80 Å². The van der Waals surface area contributed by atoms with E-state index < -0.39 is 6.04 Å². The van der Waals surface area contributed by atoms with Crippen LogP contribution in [-0.4, -0.2) is 34.3 Å². The smallest absolute Gasteiger partial charge is 0.250 e. The maximum atomic E-state index is 13.3. The van der Waals surface area contributed by atoms with Crippen LogP contribution in [0, 0.1) is 6.92 Å². The molecule has 1 saturated heterocycles. The van der Waals surface area contributed by atoms with E-state index in [1.807, 2.05) is 56.3 Å². The first-order valence-corrected chi connectivity index (χ1v) is 9.33. The second kappa shape index (κ2) is 5.71. The van der Waals surface area contributed by atoms with Crippen LogP contribution in [0.2, 0.25) is 0 Å². The summed E-state index contributed by atoms with van der Waals surface area (Å²) in [5.41, 5.74) is 5.19. The van der Waals surface area contributed by atoms with Crippen LogP contribution in [0.1, 0.15) is 29.8 Å². The molecule has 2 unspecified atom stereocenters. The number of benzene rings is 2. The molecule has 2 aromatic carbocycles. The Morgan fingerprint density at radius 2 is 1.78 bits per heavy atom. The fourth-order valence-corrected chi connectivity index (χ4v) is 4.51. The number of carbonyl (C=O) groups is 2. The summed E-state index contributed by atoms with van der Waals surface area (Å²) in [6.45, 7) is 4.11. The Balaban J connectivity index is 1.58. The predicted molar refractivity (Wildman–Crippen MR) is 105 cm³/mol. The average Bonchev–Trinajstić information content (AvgIpc) is 3.04. The van der Waals surface area contributed by atoms with E-state index in [1.165, 1.54) is 0 Å². The number of hydrogen-bond acceptors (Lipinski definition) is 2. The van der Waals surface area contributed by atoms with Gasteiger partial charge in [0.25, 0.3) is 5.91 Å². The van der Waals surface area contributed by atoms with Crippen molar-refractivity contribution in [2.75, 3.05) is 11.4 Å². The third-order valence-electron chi connectivity index (χ3n) is 5.89. The summed E-state index contributed by atoms with van der Waals surface area (Å²) < 4.78 is 0. The number of nitrogens with one attached hydrogen (secondary N) is 1. The van der Waals surface area contributed by atoms with E-state index in [0.29, 0.717) is 6.42 Å². The second-order valence-electron chi connectivity index (χ2n) is 7.52. The summed E-state index contributed by atoms with van der Waals surface area (Å²) >= 11 is 0. The number of para-hydroxylation sites is 1. The minimum atomic E-state index is -0.450. The van der Waals surface area contributed by atoms with Crippen molar-refractivity contribution in [2.45, 2.75) is 32.4 Å². The highest BCUT2D eigenvalue weighted by Crippen LogP contribution is 2.39. The molecule has 3 aromatic rings. The van der Waals surface area contributed by atoms with Gasteiger partial charge in [-0.15, -0.1) is 0 Å². The van der Waals surface area contributed by atoms with E-state index in [2.05, 4.69) is 11.1 Å². The summed E-state index contributed by atoms with van der Waals surface area (Å²) in [6.07, 6.45) is 0.552. The van der Waals surface area contributed by atoms with Gasteiger partial charge in [0.2, 0.25) is 5.91 Å². The molecule has 1 N–H and O–H groups in total. The highest BCUT2D eigenvalue weighted by Gasteiger charge is 2.46. The number of carbonyl (C=O) groups excluding carboxylic acids is 2. The van der Waals surface area contributed by atoms with Crippen LogP contribution >= 0.6 is 0 Å². The third-order valence-corrected chi connectivity index (χ3v) is 5.89. The van der Waals surface area contributed by atoms with Crippen molar-refractivity contribution in [3.63, 3.8) is 0 Å². The van der Waals surface area contributed by atoms with Crippen molar-refractivity contribution in [2.24, 2.45) is 0 Å². The quantitative estimate of drug-likeness (QED) is 0.724. The molecule has 2 aliphatic heterocycles. The van der Waals surface area contributed by atoms with Gasteiger partial charge in [0.15, 0.2) is 0 Å². The number of aromatic nitrogens is 1. The Morgan fingerprint density at radius 1 is 1.04 bits per heavy atom. The van der Waals surface area contributed by atoms with Crippen LogP contribution in [-0.2, 0) is 16.0 Å². The van der Waals surface area contributed by atoms with Crippen LogP contribution in [0.3, 0.4) is 0 Å². The van der Waals surface area contributed by atoms with Gasteiger partial charge in [-0.1, -0.05) is 35.9 Å². The summed E-state index contributed by atoms with van der Waals surface area (Å²) in [5.74, 6) is -0.00165. The molecule has 0 aliphatic carbocycles. The van der Waals surface area contributed by atoms with Gasteiger partial charge in [-0.25, -0.2) is 0 Å². The van der Waals surface area contributed by atoms with Crippen LogP contribution in [0.25, 0.3) is 10.9 Å². The number of rotatable bonds is 1. The number of hydrogen-bond donors (Lipinski definition) is 1. The molecule has 0 bridgehead atoms. The van der Waals surface area contributed by atoms with Gasteiger partial charge in [-0.3, -0.25) is 9.59 Å². The molecule has 2 atom stereocenters. The molecular weight excluding hydrogens is 338 g/mol. The topological polar surface area (TPSA) is 56.4 Å². The van der Waals surface area contributed by atoms with Crippen molar-refractivity contribution in [3.05, 3.63) is 65.4 Å². The Kier molecular flexibility index (Phi) is 3.41. The lowest BCUT2D eigenvalue weighted by Crippen LogP contribution is -2.62. The van der Waals surface area contributed by atoms with Gasteiger partial charge in [0.1, 0.15) is 12.6 Å². The largest absolute Gasteiger partial charge is 0.356 e. The molecule has 136 valence electrons. The van der Waals surface area contributed by atoms with Gasteiger partial charge in [0, 0.05) is 28.7 Å². The molecule has 1 aromatic heterocycles. The van der Waals surface area contributed by atoms with E-state index in [9.17, 15) is 9.59 Å². The van der Waals surface area contributed by atoms with E-state index in [-0.39, 0.29) is 24.4 Å². The fraction of sp³-hybridized carbons (Fsp3) is 0.273. The average molecular weight is 359 g/mol. The molecule has 0 saturated carbocycles. The maximum Gasteiger partial charge on any atom is 0.250 e. The Hall–Kier alpha value is -3.08. The standard InChI is InChI=1S/C22H21N3O2/c1-13-7-9-15(10-8-13)24-12-20(26)25-14(2)21-17(11-19(25)22(24)27)16-5-3-4-6-18(16)23-21/h3-10,14,19,23H,11-12H2,1-2H3. The number of aryl methyl sites for hydroxylation is 1. The van der Waals surface area contributed by atoms with Crippen LogP contribution in [0.4, 0.5) is 5.69 Å². The molecule has 0 spiro atoms. The zero-order valence-electron chi connectivity index (χ0n) is 15.4. The molecule has 3 heterocycles. The van der Waals surface area contributed by atoms with Crippen LogP contribution in [0.5, 0.6) is 0 Å². The molecule has 2 aliphatic rings. The molecular formula is C22H21N3O2. The Labute approximate surface area is 157 Å². The molecule has 2 amide bonds. The molecule has 27 heavy (non-hydrogen) atoms. The van der Waals surface area contributed by atoms with Crippen molar-refractivity contribution < 1.29 is 9.59 Å². The zero-order valence-corrected chi connectivity index (χ0v) is 15.4. The van der Waals surface area contributed by atoms with Crippen molar-refractivity contribution in [1.29, 1.82) is 0 Å². The number of aromatic amines is 1. The lowest BCUT2D eigenvalue weighted by molar-refractivity contribution is -0.146. The van der Waals surface area contributed by atoms with Gasteiger partial charge in [0.05, 0.1) is 6.04 Å². The lowest BCUT2D eigenvalue weighted by Gasteiger charge is -2.45. The summed E-state index contributed by atoms with van der Waals surface area (Å²) in [6, 6.07) is 15.3. The SMILES string of the molecule is Cc1ccc(N2CC(=O)N3C(Cc4c([nH]c5ccccc45)C3C)C2=O)cc1. The van der Waals surface area contributed by atoms with Gasteiger partial charge in [-0.2, -0.15) is 0 Å². The minimum absolute atomic E-state index is 0.00114. The minimum Gasteiger partial charge on any atom is -0.356 e. The summed E-state index contributed by atoms with van der Waals surface area (Å²) in [4.78, 5) is 33.2. The summed E-state index contributed by atoms with van der Waals surface area (Å²) in [7, 11) is 0. The third kappa shape index (κ3) is 2.31. The number of piperazine rings is 1. The molecule has 5 nitrogen and oxygen atoms in total. The van der Waals surface area contributed by atoms with Gasteiger partial charge < -0.3 is 14.8 Å². The lowest BCUT2D eigenvalue weighted by atomic mass is 9.89. The predicted octanol–water partition coefficient (Wildman–Crippen LogP) is 3.34. The van der Waals surface area contributed by atoms with Gasteiger partial charge >= 0.3 is 0 Å². The highest BCUT2D eigenvalue weighted by atomic mass is 16.2. The van der Waals surface area contributed by atoms with Gasteiger partial charge in [-0.05, 0) is 37.6 Å². The monoisotopic (exact) mass is 359 g/mol. The zero-order chi connectivity index (χ0) is 18.7. The molecule has 5 rings (SSSR count). The Bertz CT molecular complexity index is 1070. The number of amides is 2. The van der Waals surface area contributed by atoms with E-state index in [0.717, 1.165) is 33.4 Å². The Morgan fingerprint density at radius 3 is 2.56 bits per heavy atom. The normalized spacial score (nSPS) is 22.1. The van der Waals surface area contributed by atoms with E-state index >= 15 is 0 Å². The first kappa shape index (κ1) is 16.1. The number of fused-ring (bicyclic) bond motifs is 4. The molecule has 0 radical (unpaired) electrons. The van der Waals surface area contributed by atoms with Crippen LogP contribution < -0.4 is 4.90 Å². The van der Waals surface area contributed by atoms with Crippen molar-refractivity contribution in [1.82, 2.24) is 9.88 Å². The van der Waals surface area contributed by atoms with Crippen molar-refractivity contribution in [3.8, 4) is 0 Å². The van der Waals surface area contributed by atoms with Crippen LogP contribution in [0.15, 0.2) is 48.5 Å². The fourth-order valence-electron chi connectivity index (χ4n) is 4.51. The van der Waals surface area contributed by atoms with E-state index in [4.69, 9.17) is 0 Å².